The first-order chi connectivity index (χ1) is 12.8. The zero-order chi connectivity index (χ0) is 17.8. The summed E-state index contributed by atoms with van der Waals surface area (Å²) in [6.07, 6.45) is 1.64. The second kappa shape index (κ2) is 7.63. The Hall–Kier alpha value is -2.78. The van der Waals surface area contributed by atoms with Gasteiger partial charge in [-0.15, -0.1) is 0 Å². The lowest BCUT2D eigenvalue weighted by molar-refractivity contribution is 0.167. The fraction of sp³-hybridized carbons (Fsp3) is 0.217. The summed E-state index contributed by atoms with van der Waals surface area (Å²) in [6.45, 7) is 1.05. The highest BCUT2D eigenvalue weighted by Crippen LogP contribution is 2.40. The lowest BCUT2D eigenvalue weighted by atomic mass is 10.1. The molecule has 0 amide bonds. The Morgan fingerprint density at radius 3 is 2.46 bits per heavy atom. The molecule has 1 unspecified atom stereocenters. The third-order valence-electron chi connectivity index (χ3n) is 4.81. The van der Waals surface area contributed by atoms with Gasteiger partial charge in [-0.2, -0.15) is 0 Å². The van der Waals surface area contributed by atoms with Crippen LogP contribution in [0.15, 0.2) is 72.8 Å². The quantitative estimate of drug-likeness (QED) is 0.539. The van der Waals surface area contributed by atoms with Gasteiger partial charge in [0, 0.05) is 24.9 Å². The van der Waals surface area contributed by atoms with E-state index in [-0.39, 0.29) is 6.10 Å². The molecule has 4 rings (SSSR count). The van der Waals surface area contributed by atoms with Gasteiger partial charge in [0.15, 0.2) is 0 Å². The lowest BCUT2D eigenvalue weighted by Gasteiger charge is -2.18. The molecule has 132 valence electrons. The molecule has 26 heavy (non-hydrogen) atoms. The molecule has 1 atom stereocenters. The third-order valence-corrected chi connectivity index (χ3v) is 4.81. The van der Waals surface area contributed by atoms with E-state index in [2.05, 4.69) is 42.5 Å². The van der Waals surface area contributed by atoms with Crippen molar-refractivity contribution in [1.29, 1.82) is 0 Å². The molecule has 1 aliphatic carbocycles. The standard InChI is InChI=1S/C23H23NO2/c24-16-19(26-18-8-2-1-3-9-18)13-14-25-23-12-6-11-21-20-10-5-4-7-17(20)15-22(21)23/h1-12,19H,13-16,24H2. The summed E-state index contributed by atoms with van der Waals surface area (Å²) in [5.74, 6) is 1.81. The molecule has 0 aliphatic heterocycles. The molecule has 0 radical (unpaired) electrons. The lowest BCUT2D eigenvalue weighted by Crippen LogP contribution is -2.28. The van der Waals surface area contributed by atoms with Crippen LogP contribution in [0.4, 0.5) is 0 Å². The van der Waals surface area contributed by atoms with E-state index in [9.17, 15) is 0 Å². The van der Waals surface area contributed by atoms with Crippen LogP contribution in [0.25, 0.3) is 11.1 Å². The van der Waals surface area contributed by atoms with Crippen molar-refractivity contribution in [3.05, 3.63) is 83.9 Å². The second-order valence-electron chi connectivity index (χ2n) is 6.54. The highest BCUT2D eigenvalue weighted by Gasteiger charge is 2.21. The van der Waals surface area contributed by atoms with Crippen molar-refractivity contribution in [1.82, 2.24) is 0 Å². The molecule has 0 heterocycles. The monoisotopic (exact) mass is 345 g/mol. The van der Waals surface area contributed by atoms with Crippen LogP contribution in [0.3, 0.4) is 0 Å². The van der Waals surface area contributed by atoms with Crippen molar-refractivity contribution < 1.29 is 9.47 Å². The molecule has 3 nitrogen and oxygen atoms in total. The molecule has 1 aliphatic rings. The number of rotatable bonds is 7. The fourth-order valence-electron chi connectivity index (χ4n) is 3.48. The summed E-state index contributed by atoms with van der Waals surface area (Å²) in [6, 6.07) is 24.7. The molecule has 3 aromatic rings. The van der Waals surface area contributed by atoms with Gasteiger partial charge >= 0.3 is 0 Å². The van der Waals surface area contributed by atoms with Crippen LogP contribution in [-0.2, 0) is 6.42 Å². The van der Waals surface area contributed by atoms with Crippen molar-refractivity contribution in [3.63, 3.8) is 0 Å². The molecule has 3 aromatic carbocycles. The number of para-hydroxylation sites is 1. The van der Waals surface area contributed by atoms with Crippen LogP contribution in [0.5, 0.6) is 11.5 Å². The van der Waals surface area contributed by atoms with Gasteiger partial charge in [0.05, 0.1) is 6.61 Å². The predicted molar refractivity (Wildman–Crippen MR) is 105 cm³/mol. The van der Waals surface area contributed by atoms with E-state index < -0.39 is 0 Å². The van der Waals surface area contributed by atoms with Gasteiger partial charge in [-0.25, -0.2) is 0 Å². The Morgan fingerprint density at radius 1 is 0.846 bits per heavy atom. The van der Waals surface area contributed by atoms with Crippen molar-refractivity contribution in [2.24, 2.45) is 5.73 Å². The van der Waals surface area contributed by atoms with Gasteiger partial charge in [-0.05, 0) is 34.9 Å². The maximum atomic E-state index is 6.11. The minimum absolute atomic E-state index is 0.0497. The van der Waals surface area contributed by atoms with Gasteiger partial charge < -0.3 is 15.2 Å². The minimum Gasteiger partial charge on any atom is -0.493 e. The molecular formula is C23H23NO2. The molecule has 0 fully saturated rings. The number of benzene rings is 3. The summed E-state index contributed by atoms with van der Waals surface area (Å²) >= 11 is 0. The zero-order valence-electron chi connectivity index (χ0n) is 14.7. The van der Waals surface area contributed by atoms with E-state index >= 15 is 0 Å². The Morgan fingerprint density at radius 2 is 1.62 bits per heavy atom. The second-order valence-corrected chi connectivity index (χ2v) is 6.54. The highest BCUT2D eigenvalue weighted by molar-refractivity contribution is 5.78. The summed E-state index contributed by atoms with van der Waals surface area (Å²) < 4.78 is 12.1. The fourth-order valence-corrected chi connectivity index (χ4v) is 3.48. The molecule has 0 bridgehead atoms. The molecule has 0 spiro atoms. The van der Waals surface area contributed by atoms with Crippen LogP contribution in [0, 0.1) is 0 Å². The van der Waals surface area contributed by atoms with E-state index in [1.165, 1.54) is 22.3 Å². The normalized spacial score (nSPS) is 13.0. The summed E-state index contributed by atoms with van der Waals surface area (Å²) in [4.78, 5) is 0. The molecule has 0 aromatic heterocycles. The first kappa shape index (κ1) is 16.7. The average Bonchev–Trinajstić information content (AvgIpc) is 3.07. The summed E-state index contributed by atoms with van der Waals surface area (Å²) in [5.41, 5.74) is 11.1. The maximum absolute atomic E-state index is 6.11. The van der Waals surface area contributed by atoms with Crippen LogP contribution >= 0.6 is 0 Å². The molecule has 0 saturated carbocycles. The number of hydrogen-bond acceptors (Lipinski definition) is 3. The minimum atomic E-state index is -0.0497. The third kappa shape index (κ3) is 3.44. The van der Waals surface area contributed by atoms with Crippen LogP contribution in [-0.4, -0.2) is 19.3 Å². The first-order valence-corrected chi connectivity index (χ1v) is 9.10. The molecule has 2 N–H and O–H groups in total. The largest absolute Gasteiger partial charge is 0.493 e. The Labute approximate surface area is 154 Å². The highest BCUT2D eigenvalue weighted by atomic mass is 16.5. The zero-order valence-corrected chi connectivity index (χ0v) is 14.7. The molecule has 3 heteroatoms. The van der Waals surface area contributed by atoms with Gasteiger partial charge in [0.25, 0.3) is 0 Å². The molecular weight excluding hydrogens is 322 g/mol. The summed E-state index contributed by atoms with van der Waals surface area (Å²) in [5, 5.41) is 0. The number of ether oxygens (including phenoxy) is 2. The Bertz CT molecular complexity index is 876. The van der Waals surface area contributed by atoms with Gasteiger partial charge in [-0.1, -0.05) is 54.6 Å². The van der Waals surface area contributed by atoms with Gasteiger partial charge in [-0.3, -0.25) is 0 Å². The average molecular weight is 345 g/mol. The number of nitrogens with two attached hydrogens (primary N) is 1. The van der Waals surface area contributed by atoms with Crippen LogP contribution in [0.1, 0.15) is 17.5 Å². The van der Waals surface area contributed by atoms with E-state index in [1.807, 2.05) is 30.3 Å². The maximum Gasteiger partial charge on any atom is 0.123 e. The van der Waals surface area contributed by atoms with E-state index in [4.69, 9.17) is 15.2 Å². The number of fused-ring (bicyclic) bond motifs is 3. The van der Waals surface area contributed by atoms with Crippen LogP contribution in [0.2, 0.25) is 0 Å². The predicted octanol–water partition coefficient (Wildman–Crippen LogP) is 4.43. The first-order valence-electron chi connectivity index (χ1n) is 9.10. The van der Waals surface area contributed by atoms with Gasteiger partial charge in [0.2, 0.25) is 0 Å². The smallest absolute Gasteiger partial charge is 0.123 e. The van der Waals surface area contributed by atoms with Gasteiger partial charge in [0.1, 0.15) is 17.6 Å². The topological polar surface area (TPSA) is 44.5 Å². The van der Waals surface area contributed by atoms with Crippen molar-refractivity contribution in [2.45, 2.75) is 18.9 Å². The van der Waals surface area contributed by atoms with Crippen molar-refractivity contribution in [3.8, 4) is 22.6 Å². The van der Waals surface area contributed by atoms with E-state index in [0.717, 1.165) is 24.3 Å². The van der Waals surface area contributed by atoms with Crippen LogP contribution < -0.4 is 15.2 Å². The SMILES string of the molecule is NCC(CCOc1cccc2c1Cc1ccccc1-2)Oc1ccccc1. The Kier molecular flexibility index (Phi) is 4.89. The Balaban J connectivity index is 1.40. The van der Waals surface area contributed by atoms with E-state index in [1.54, 1.807) is 0 Å². The van der Waals surface area contributed by atoms with E-state index in [0.29, 0.717) is 13.2 Å². The molecule has 0 saturated heterocycles. The number of hydrogen-bond donors (Lipinski definition) is 1. The van der Waals surface area contributed by atoms with Crippen molar-refractivity contribution in [2.75, 3.05) is 13.2 Å². The summed E-state index contributed by atoms with van der Waals surface area (Å²) in [7, 11) is 0. The van der Waals surface area contributed by atoms with Crippen molar-refractivity contribution >= 4 is 0 Å².